The molecular formula is C15H18N4O. The van der Waals surface area contributed by atoms with Gasteiger partial charge in [-0.15, -0.1) is 0 Å². The minimum Gasteiger partial charge on any atom is -0.332 e. The molecule has 0 bridgehead atoms. The molecule has 2 aromatic rings. The zero-order valence-electron chi connectivity index (χ0n) is 11.4. The van der Waals surface area contributed by atoms with Crippen molar-refractivity contribution < 1.29 is 4.79 Å². The number of carbonyl (C=O) groups is 1. The van der Waals surface area contributed by atoms with Gasteiger partial charge in [0.05, 0.1) is 12.2 Å². The largest absolute Gasteiger partial charge is 0.332 e. The first-order valence-electron chi connectivity index (χ1n) is 6.44. The van der Waals surface area contributed by atoms with Gasteiger partial charge in [-0.25, -0.2) is 4.79 Å². The van der Waals surface area contributed by atoms with Gasteiger partial charge in [0.1, 0.15) is 0 Å². The number of amides is 2. The average molecular weight is 270 g/mol. The first kappa shape index (κ1) is 14.0. The summed E-state index contributed by atoms with van der Waals surface area (Å²) in [6.07, 6.45) is 0. The lowest BCUT2D eigenvalue weighted by Crippen LogP contribution is -2.28. The molecule has 5 nitrogen and oxygen atoms in total. The van der Waals surface area contributed by atoms with E-state index in [0.717, 1.165) is 22.6 Å². The Kier molecular flexibility index (Phi) is 4.68. The molecule has 0 saturated heterocycles. The molecule has 5 heteroatoms. The Balaban J connectivity index is 1.89. The molecular weight excluding hydrogens is 252 g/mol. The highest BCUT2D eigenvalue weighted by Crippen LogP contribution is 2.09. The van der Waals surface area contributed by atoms with Crippen molar-refractivity contribution in [3.8, 4) is 0 Å². The van der Waals surface area contributed by atoms with Crippen LogP contribution in [0.2, 0.25) is 0 Å². The van der Waals surface area contributed by atoms with Crippen LogP contribution in [0, 0.1) is 6.92 Å². The van der Waals surface area contributed by atoms with Gasteiger partial charge in [-0.2, -0.15) is 0 Å². The van der Waals surface area contributed by atoms with E-state index in [0.29, 0.717) is 13.1 Å². The number of nitrogens with one attached hydrogen (secondary N) is 2. The van der Waals surface area contributed by atoms with E-state index in [4.69, 9.17) is 5.73 Å². The van der Waals surface area contributed by atoms with E-state index in [2.05, 4.69) is 15.6 Å². The van der Waals surface area contributed by atoms with Crippen molar-refractivity contribution in [1.82, 2.24) is 10.3 Å². The molecule has 0 fully saturated rings. The van der Waals surface area contributed by atoms with Crippen molar-refractivity contribution in [2.45, 2.75) is 20.0 Å². The number of nitrogens with two attached hydrogens (primary N) is 1. The van der Waals surface area contributed by atoms with Crippen LogP contribution >= 0.6 is 0 Å². The number of benzene rings is 1. The first-order valence-corrected chi connectivity index (χ1v) is 6.44. The van der Waals surface area contributed by atoms with Crippen LogP contribution in [-0.2, 0) is 13.1 Å². The molecule has 4 N–H and O–H groups in total. The zero-order chi connectivity index (χ0) is 14.4. The van der Waals surface area contributed by atoms with Crippen LogP contribution in [-0.4, -0.2) is 11.0 Å². The highest BCUT2D eigenvalue weighted by molar-refractivity contribution is 5.89. The Morgan fingerprint density at radius 2 is 2.05 bits per heavy atom. The van der Waals surface area contributed by atoms with E-state index in [-0.39, 0.29) is 6.03 Å². The second-order valence-electron chi connectivity index (χ2n) is 4.48. The fourth-order valence-electron chi connectivity index (χ4n) is 1.82. The predicted octanol–water partition coefficient (Wildman–Crippen LogP) is 2.17. The van der Waals surface area contributed by atoms with E-state index >= 15 is 0 Å². The number of nitrogens with zero attached hydrogens (tertiary/aromatic N) is 1. The van der Waals surface area contributed by atoms with Gasteiger partial charge in [0, 0.05) is 17.9 Å². The third-order valence-electron chi connectivity index (χ3n) is 2.80. The summed E-state index contributed by atoms with van der Waals surface area (Å²) >= 11 is 0. The lowest BCUT2D eigenvalue weighted by Gasteiger charge is -2.08. The maximum absolute atomic E-state index is 11.8. The molecule has 0 aliphatic rings. The number of urea groups is 1. The van der Waals surface area contributed by atoms with Crippen LogP contribution in [0.25, 0.3) is 0 Å². The summed E-state index contributed by atoms with van der Waals surface area (Å²) in [4.78, 5) is 16.1. The molecule has 20 heavy (non-hydrogen) atoms. The number of carbonyl (C=O) groups excluding carboxylic acids is 1. The van der Waals surface area contributed by atoms with Gasteiger partial charge >= 0.3 is 6.03 Å². The monoisotopic (exact) mass is 270 g/mol. The van der Waals surface area contributed by atoms with E-state index in [1.54, 1.807) is 0 Å². The summed E-state index contributed by atoms with van der Waals surface area (Å²) in [6.45, 7) is 2.76. The van der Waals surface area contributed by atoms with Crippen LogP contribution in [0.3, 0.4) is 0 Å². The summed E-state index contributed by atoms with van der Waals surface area (Å²) in [7, 11) is 0. The topological polar surface area (TPSA) is 80.0 Å². The summed E-state index contributed by atoms with van der Waals surface area (Å²) in [5.41, 5.74) is 9.02. The van der Waals surface area contributed by atoms with E-state index in [1.165, 1.54) is 0 Å². The summed E-state index contributed by atoms with van der Waals surface area (Å²) < 4.78 is 0. The highest BCUT2D eigenvalue weighted by atomic mass is 16.2. The van der Waals surface area contributed by atoms with Gasteiger partial charge < -0.3 is 16.4 Å². The number of aryl methyl sites for hydroxylation is 1. The lowest BCUT2D eigenvalue weighted by molar-refractivity contribution is 0.251. The normalized spacial score (nSPS) is 10.1. The van der Waals surface area contributed by atoms with Gasteiger partial charge in [-0.1, -0.05) is 18.2 Å². The Labute approximate surface area is 118 Å². The second kappa shape index (κ2) is 6.68. The molecule has 1 aromatic carbocycles. The fourth-order valence-corrected chi connectivity index (χ4v) is 1.82. The predicted molar refractivity (Wildman–Crippen MR) is 79.2 cm³/mol. The molecule has 0 atom stereocenters. The summed E-state index contributed by atoms with van der Waals surface area (Å²) in [6, 6.07) is 12.9. The Morgan fingerprint density at radius 3 is 2.80 bits per heavy atom. The zero-order valence-corrected chi connectivity index (χ0v) is 11.4. The summed E-state index contributed by atoms with van der Waals surface area (Å²) in [5, 5.41) is 5.54. The van der Waals surface area contributed by atoms with Gasteiger partial charge in [0.2, 0.25) is 0 Å². The van der Waals surface area contributed by atoms with Gasteiger partial charge in [-0.3, -0.25) is 4.98 Å². The van der Waals surface area contributed by atoms with Crippen molar-refractivity contribution in [3.63, 3.8) is 0 Å². The summed E-state index contributed by atoms with van der Waals surface area (Å²) in [5.74, 6) is 0. The molecule has 0 aliphatic heterocycles. The van der Waals surface area contributed by atoms with Crippen molar-refractivity contribution in [2.75, 3.05) is 5.32 Å². The smallest absolute Gasteiger partial charge is 0.319 e. The second-order valence-corrected chi connectivity index (χ2v) is 4.48. The van der Waals surface area contributed by atoms with Crippen molar-refractivity contribution in [2.24, 2.45) is 5.73 Å². The van der Waals surface area contributed by atoms with Gasteiger partial charge in [-0.05, 0) is 36.8 Å². The van der Waals surface area contributed by atoms with Crippen molar-refractivity contribution in [1.29, 1.82) is 0 Å². The number of rotatable bonds is 4. The molecule has 0 spiro atoms. The van der Waals surface area contributed by atoms with Crippen LogP contribution in [0.4, 0.5) is 10.5 Å². The van der Waals surface area contributed by atoms with Crippen molar-refractivity contribution in [3.05, 3.63) is 59.4 Å². The average Bonchev–Trinajstić information content (AvgIpc) is 2.45. The van der Waals surface area contributed by atoms with Crippen molar-refractivity contribution >= 4 is 11.7 Å². The molecule has 2 rings (SSSR count). The number of hydrogen-bond acceptors (Lipinski definition) is 3. The van der Waals surface area contributed by atoms with E-state index < -0.39 is 0 Å². The molecule has 0 saturated carbocycles. The fraction of sp³-hybridized carbons (Fsp3) is 0.200. The molecule has 0 aliphatic carbocycles. The molecule has 0 unspecified atom stereocenters. The van der Waals surface area contributed by atoms with Crippen LogP contribution in [0.5, 0.6) is 0 Å². The first-order chi connectivity index (χ1) is 9.67. The molecule has 1 heterocycles. The highest BCUT2D eigenvalue weighted by Gasteiger charge is 2.03. The molecule has 1 aromatic heterocycles. The van der Waals surface area contributed by atoms with Crippen LogP contribution in [0.15, 0.2) is 42.5 Å². The molecule has 2 amide bonds. The molecule has 104 valence electrons. The maximum atomic E-state index is 11.8. The SMILES string of the molecule is Cc1cccc(CNC(=O)Nc2cccc(CN)c2)n1. The Bertz CT molecular complexity index is 598. The maximum Gasteiger partial charge on any atom is 0.319 e. The minimum absolute atomic E-state index is 0.262. The van der Waals surface area contributed by atoms with Gasteiger partial charge in [0.15, 0.2) is 0 Å². The minimum atomic E-state index is -0.262. The third-order valence-corrected chi connectivity index (χ3v) is 2.80. The number of hydrogen-bond donors (Lipinski definition) is 3. The Morgan fingerprint density at radius 1 is 1.25 bits per heavy atom. The standard InChI is InChI=1S/C15H18N4O/c1-11-4-2-7-14(18-11)10-17-15(20)19-13-6-3-5-12(8-13)9-16/h2-8H,9-10,16H2,1H3,(H2,17,19,20). The van der Waals surface area contributed by atoms with Crippen LogP contribution < -0.4 is 16.4 Å². The number of aromatic nitrogens is 1. The van der Waals surface area contributed by atoms with Crippen LogP contribution in [0.1, 0.15) is 17.0 Å². The van der Waals surface area contributed by atoms with E-state index in [9.17, 15) is 4.79 Å². The Hall–Kier alpha value is -2.40. The number of anilines is 1. The number of pyridine rings is 1. The van der Waals surface area contributed by atoms with Gasteiger partial charge in [0.25, 0.3) is 0 Å². The third kappa shape index (κ3) is 4.07. The quantitative estimate of drug-likeness (QED) is 0.796. The van der Waals surface area contributed by atoms with E-state index in [1.807, 2.05) is 49.4 Å². The molecule has 0 radical (unpaired) electrons. The lowest BCUT2D eigenvalue weighted by atomic mass is 10.2.